The monoisotopic (exact) mass is 342 g/mol. The SMILES string of the molecule is CCCCOC(=O)N1CCC[C@@H](c2nccn2Cc2cccnc2)C1. The fourth-order valence-corrected chi connectivity index (χ4v) is 3.25. The molecule has 1 fully saturated rings. The van der Waals surface area contributed by atoms with Gasteiger partial charge in [0, 0.05) is 43.8 Å². The van der Waals surface area contributed by atoms with Crippen LogP contribution in [0.1, 0.15) is 49.9 Å². The maximum absolute atomic E-state index is 12.2. The van der Waals surface area contributed by atoms with E-state index in [4.69, 9.17) is 4.74 Å². The average Bonchev–Trinajstić information content (AvgIpc) is 3.11. The van der Waals surface area contributed by atoms with Gasteiger partial charge in [0.05, 0.1) is 13.2 Å². The number of piperidine rings is 1. The van der Waals surface area contributed by atoms with Crippen molar-refractivity contribution in [3.63, 3.8) is 0 Å². The highest BCUT2D eigenvalue weighted by molar-refractivity contribution is 5.67. The van der Waals surface area contributed by atoms with Gasteiger partial charge in [-0.3, -0.25) is 4.98 Å². The summed E-state index contributed by atoms with van der Waals surface area (Å²) >= 11 is 0. The molecule has 0 unspecified atom stereocenters. The van der Waals surface area contributed by atoms with Gasteiger partial charge in [-0.25, -0.2) is 9.78 Å². The quantitative estimate of drug-likeness (QED) is 0.755. The minimum atomic E-state index is -0.191. The second kappa shape index (κ2) is 8.65. The number of hydrogen-bond acceptors (Lipinski definition) is 4. The first-order chi connectivity index (χ1) is 12.3. The van der Waals surface area contributed by atoms with E-state index in [1.807, 2.05) is 29.6 Å². The van der Waals surface area contributed by atoms with Gasteiger partial charge >= 0.3 is 6.09 Å². The molecule has 1 atom stereocenters. The van der Waals surface area contributed by atoms with Crippen LogP contribution in [0, 0.1) is 0 Å². The molecule has 2 aromatic rings. The van der Waals surface area contributed by atoms with E-state index >= 15 is 0 Å². The van der Waals surface area contributed by atoms with Crippen LogP contribution in [-0.4, -0.2) is 45.2 Å². The van der Waals surface area contributed by atoms with Crippen molar-refractivity contribution >= 4 is 6.09 Å². The highest BCUT2D eigenvalue weighted by Gasteiger charge is 2.28. The number of ether oxygens (including phenoxy) is 1. The zero-order chi connectivity index (χ0) is 17.5. The molecule has 0 saturated carbocycles. The highest BCUT2D eigenvalue weighted by Crippen LogP contribution is 2.26. The lowest BCUT2D eigenvalue weighted by molar-refractivity contribution is 0.0896. The number of imidazole rings is 1. The molecular formula is C19H26N4O2. The van der Waals surface area contributed by atoms with Gasteiger partial charge < -0.3 is 14.2 Å². The molecule has 1 aliphatic heterocycles. The van der Waals surface area contributed by atoms with Gasteiger partial charge in [0.1, 0.15) is 5.82 Å². The van der Waals surface area contributed by atoms with Gasteiger partial charge in [0.25, 0.3) is 0 Å². The number of aromatic nitrogens is 3. The fraction of sp³-hybridized carbons (Fsp3) is 0.526. The maximum Gasteiger partial charge on any atom is 0.409 e. The summed E-state index contributed by atoms with van der Waals surface area (Å²) in [5, 5.41) is 0. The summed E-state index contributed by atoms with van der Waals surface area (Å²) in [6.45, 7) is 4.79. The molecule has 6 heteroatoms. The van der Waals surface area contributed by atoms with Crippen LogP contribution < -0.4 is 0 Å². The van der Waals surface area contributed by atoms with E-state index in [0.717, 1.165) is 50.2 Å². The van der Waals surface area contributed by atoms with Crippen LogP contribution >= 0.6 is 0 Å². The topological polar surface area (TPSA) is 60.2 Å². The predicted octanol–water partition coefficient (Wildman–Crippen LogP) is 3.44. The van der Waals surface area contributed by atoms with Crippen LogP contribution in [0.2, 0.25) is 0 Å². The molecule has 3 rings (SSSR count). The number of carbonyl (C=O) groups is 1. The Kier molecular flexibility index (Phi) is 6.04. The molecule has 1 saturated heterocycles. The summed E-state index contributed by atoms with van der Waals surface area (Å²) in [4.78, 5) is 22.8. The van der Waals surface area contributed by atoms with Crippen molar-refractivity contribution in [3.8, 4) is 0 Å². The van der Waals surface area contributed by atoms with Crippen molar-refractivity contribution in [2.45, 2.75) is 45.1 Å². The second-order valence-corrected chi connectivity index (χ2v) is 6.53. The van der Waals surface area contributed by atoms with E-state index in [-0.39, 0.29) is 12.0 Å². The van der Waals surface area contributed by atoms with Crippen molar-refractivity contribution in [1.29, 1.82) is 0 Å². The smallest absolute Gasteiger partial charge is 0.409 e. The number of rotatable bonds is 6. The van der Waals surface area contributed by atoms with Crippen molar-refractivity contribution in [2.75, 3.05) is 19.7 Å². The van der Waals surface area contributed by atoms with Crippen LogP contribution in [0.25, 0.3) is 0 Å². The van der Waals surface area contributed by atoms with Crippen LogP contribution in [-0.2, 0) is 11.3 Å². The van der Waals surface area contributed by atoms with E-state index < -0.39 is 0 Å². The molecule has 1 amide bonds. The highest BCUT2D eigenvalue weighted by atomic mass is 16.6. The molecule has 3 heterocycles. The number of amides is 1. The maximum atomic E-state index is 12.2. The zero-order valence-corrected chi connectivity index (χ0v) is 14.8. The van der Waals surface area contributed by atoms with Gasteiger partial charge in [0.15, 0.2) is 0 Å². The van der Waals surface area contributed by atoms with E-state index in [9.17, 15) is 4.79 Å². The van der Waals surface area contributed by atoms with Gasteiger partial charge in [-0.1, -0.05) is 19.4 Å². The Bertz CT molecular complexity index is 671. The second-order valence-electron chi connectivity index (χ2n) is 6.53. The molecule has 0 radical (unpaired) electrons. The Hall–Kier alpha value is -2.37. The van der Waals surface area contributed by atoms with Crippen LogP contribution in [0.15, 0.2) is 36.9 Å². The molecule has 6 nitrogen and oxygen atoms in total. The predicted molar refractivity (Wildman–Crippen MR) is 95.4 cm³/mol. The third-order valence-corrected chi connectivity index (χ3v) is 4.59. The minimum Gasteiger partial charge on any atom is -0.449 e. The Morgan fingerprint density at radius 2 is 2.32 bits per heavy atom. The fourth-order valence-electron chi connectivity index (χ4n) is 3.25. The van der Waals surface area contributed by atoms with E-state index in [1.165, 1.54) is 0 Å². The summed E-state index contributed by atoms with van der Waals surface area (Å²) in [6, 6.07) is 4.01. The first-order valence-corrected chi connectivity index (χ1v) is 9.09. The number of likely N-dealkylation sites (tertiary alicyclic amines) is 1. The molecule has 2 aromatic heterocycles. The Balaban J connectivity index is 1.64. The van der Waals surface area contributed by atoms with Crippen LogP contribution in [0.5, 0.6) is 0 Å². The Labute approximate surface area is 148 Å². The Morgan fingerprint density at radius 3 is 3.12 bits per heavy atom. The van der Waals surface area contributed by atoms with Crippen molar-refractivity contribution in [3.05, 3.63) is 48.3 Å². The van der Waals surface area contributed by atoms with Crippen molar-refractivity contribution in [2.24, 2.45) is 0 Å². The Morgan fingerprint density at radius 1 is 1.40 bits per heavy atom. The molecule has 25 heavy (non-hydrogen) atoms. The van der Waals surface area contributed by atoms with Crippen molar-refractivity contribution in [1.82, 2.24) is 19.4 Å². The molecule has 0 spiro atoms. The lowest BCUT2D eigenvalue weighted by Gasteiger charge is -2.32. The lowest BCUT2D eigenvalue weighted by Crippen LogP contribution is -2.40. The number of carbonyl (C=O) groups excluding carboxylic acids is 1. The standard InChI is InChI=1S/C19H26N4O2/c1-2-3-12-25-19(24)23-10-5-7-17(15-23)18-21-9-11-22(18)14-16-6-4-8-20-13-16/h4,6,8-9,11,13,17H,2-3,5,7,10,12,14-15H2,1H3/t17-/m1/s1. The first-order valence-electron chi connectivity index (χ1n) is 9.09. The molecule has 0 bridgehead atoms. The van der Waals surface area contributed by atoms with Crippen molar-refractivity contribution < 1.29 is 9.53 Å². The lowest BCUT2D eigenvalue weighted by atomic mass is 9.97. The summed E-state index contributed by atoms with van der Waals surface area (Å²) < 4.78 is 7.53. The molecule has 0 aliphatic carbocycles. The van der Waals surface area contributed by atoms with Crippen LogP contribution in [0.3, 0.4) is 0 Å². The number of pyridine rings is 1. The third-order valence-electron chi connectivity index (χ3n) is 4.59. The average molecular weight is 342 g/mol. The summed E-state index contributed by atoms with van der Waals surface area (Å²) in [7, 11) is 0. The molecule has 0 N–H and O–H groups in total. The van der Waals surface area contributed by atoms with Gasteiger partial charge in [-0.05, 0) is 30.9 Å². The molecule has 0 aromatic carbocycles. The summed E-state index contributed by atoms with van der Waals surface area (Å²) in [5.41, 5.74) is 1.15. The van der Waals surface area contributed by atoms with E-state index in [1.54, 1.807) is 6.20 Å². The van der Waals surface area contributed by atoms with Gasteiger partial charge in [-0.15, -0.1) is 0 Å². The largest absolute Gasteiger partial charge is 0.449 e. The minimum absolute atomic E-state index is 0.191. The number of nitrogens with zero attached hydrogens (tertiary/aromatic N) is 4. The number of hydrogen-bond donors (Lipinski definition) is 0. The van der Waals surface area contributed by atoms with Gasteiger partial charge in [-0.2, -0.15) is 0 Å². The molecule has 134 valence electrons. The van der Waals surface area contributed by atoms with E-state index in [0.29, 0.717) is 13.2 Å². The summed E-state index contributed by atoms with van der Waals surface area (Å²) in [6.07, 6.45) is 11.3. The molecular weight excluding hydrogens is 316 g/mol. The first kappa shape index (κ1) is 17.5. The van der Waals surface area contributed by atoms with Gasteiger partial charge in [0.2, 0.25) is 0 Å². The normalized spacial score (nSPS) is 17.5. The van der Waals surface area contributed by atoms with Crippen LogP contribution in [0.4, 0.5) is 4.79 Å². The third kappa shape index (κ3) is 4.59. The number of unbranched alkanes of at least 4 members (excludes halogenated alkanes) is 1. The summed E-state index contributed by atoms with van der Waals surface area (Å²) in [5.74, 6) is 1.29. The van der Waals surface area contributed by atoms with E-state index in [2.05, 4.69) is 27.5 Å². The molecule has 1 aliphatic rings. The zero-order valence-electron chi connectivity index (χ0n) is 14.8.